The van der Waals surface area contributed by atoms with E-state index in [9.17, 15) is 0 Å². The standard InChI is InChI=1S/C8H14N3.C7H7.Y/c1-6-7(2)11(4)8(10-6)5-9-3;1-7-5-3-2-4-6-7;/h5H2,1-4H3;2-5H,1H3;/q2*-1;. The fourth-order valence-corrected chi connectivity index (χ4v) is 1.55. The zero-order valence-corrected chi connectivity index (χ0v) is 15.3. The van der Waals surface area contributed by atoms with Crippen LogP contribution in [0.5, 0.6) is 0 Å². The molecule has 0 aliphatic heterocycles. The van der Waals surface area contributed by atoms with Gasteiger partial charge in [0.2, 0.25) is 0 Å². The fraction of sp³-hybridized carbons (Fsp3) is 0.400. The predicted octanol–water partition coefficient (Wildman–Crippen LogP) is 3.33. The van der Waals surface area contributed by atoms with Gasteiger partial charge < -0.3 is 9.88 Å². The van der Waals surface area contributed by atoms with E-state index in [2.05, 4.69) is 27.9 Å². The van der Waals surface area contributed by atoms with Crippen molar-refractivity contribution in [2.75, 3.05) is 7.05 Å². The van der Waals surface area contributed by atoms with Gasteiger partial charge in [-0.25, -0.2) is 4.98 Å². The average molecular weight is 332 g/mol. The molecule has 0 fully saturated rings. The molecular formula is C15H21N3Y-2. The molecular weight excluding hydrogens is 311 g/mol. The minimum Gasteiger partial charge on any atom is -0.659 e. The van der Waals surface area contributed by atoms with Crippen molar-refractivity contribution in [3.63, 3.8) is 0 Å². The molecule has 1 heterocycles. The average Bonchev–Trinajstić information content (AvgIpc) is 2.60. The fourth-order valence-electron chi connectivity index (χ4n) is 1.55. The van der Waals surface area contributed by atoms with Gasteiger partial charge in [-0.1, -0.05) is 13.5 Å². The zero-order valence-electron chi connectivity index (χ0n) is 12.4. The molecule has 0 N–H and O–H groups in total. The number of hydrogen-bond acceptors (Lipinski definition) is 1. The quantitative estimate of drug-likeness (QED) is 0.776. The number of imidazole rings is 1. The summed E-state index contributed by atoms with van der Waals surface area (Å²) in [6.07, 6.45) is 0. The van der Waals surface area contributed by atoms with Crippen LogP contribution in [0, 0.1) is 26.8 Å². The van der Waals surface area contributed by atoms with Gasteiger partial charge in [0, 0.05) is 45.5 Å². The molecule has 4 heteroatoms. The van der Waals surface area contributed by atoms with Crippen molar-refractivity contribution in [3.8, 4) is 0 Å². The van der Waals surface area contributed by atoms with E-state index in [1.807, 2.05) is 45.2 Å². The summed E-state index contributed by atoms with van der Waals surface area (Å²) in [5, 5.41) is 4.04. The maximum atomic E-state index is 4.37. The van der Waals surface area contributed by atoms with E-state index in [-0.39, 0.29) is 32.7 Å². The molecule has 0 unspecified atom stereocenters. The van der Waals surface area contributed by atoms with Crippen LogP contribution >= 0.6 is 0 Å². The van der Waals surface area contributed by atoms with Crippen LogP contribution in [-0.2, 0) is 46.3 Å². The summed E-state index contributed by atoms with van der Waals surface area (Å²) < 4.78 is 2.09. The molecule has 19 heavy (non-hydrogen) atoms. The summed E-state index contributed by atoms with van der Waals surface area (Å²) in [6.45, 7) is 6.83. The van der Waals surface area contributed by atoms with E-state index >= 15 is 0 Å². The van der Waals surface area contributed by atoms with Gasteiger partial charge in [0.15, 0.2) is 0 Å². The molecule has 0 aliphatic rings. The largest absolute Gasteiger partial charge is 0.659 e. The van der Waals surface area contributed by atoms with Crippen molar-refractivity contribution in [2.45, 2.75) is 27.3 Å². The summed E-state index contributed by atoms with van der Waals surface area (Å²) in [5.41, 5.74) is 3.53. The van der Waals surface area contributed by atoms with Crippen molar-refractivity contribution in [2.24, 2.45) is 7.05 Å². The van der Waals surface area contributed by atoms with Crippen molar-refractivity contribution >= 4 is 0 Å². The number of benzene rings is 1. The Labute approximate surface area is 141 Å². The van der Waals surface area contributed by atoms with E-state index in [1.54, 1.807) is 7.05 Å². The molecule has 0 saturated heterocycles. The summed E-state index contributed by atoms with van der Waals surface area (Å²) in [6, 6.07) is 10.9. The first-order valence-corrected chi connectivity index (χ1v) is 6.04. The molecule has 0 atom stereocenters. The molecule has 2 aromatic rings. The van der Waals surface area contributed by atoms with Gasteiger partial charge >= 0.3 is 0 Å². The van der Waals surface area contributed by atoms with Gasteiger partial charge in [-0.3, -0.25) is 0 Å². The Hall–Kier alpha value is -0.506. The number of nitrogens with zero attached hydrogens (tertiary/aromatic N) is 3. The Morgan fingerprint density at radius 1 is 1.26 bits per heavy atom. The predicted molar refractivity (Wildman–Crippen MR) is 75.7 cm³/mol. The molecule has 101 valence electrons. The van der Waals surface area contributed by atoms with Crippen molar-refractivity contribution < 1.29 is 32.7 Å². The van der Waals surface area contributed by atoms with Gasteiger partial charge in [-0.05, 0) is 13.8 Å². The SMILES string of the molecule is C[N-]Cc1nc(C)c(C)n1C.Cc1[c-]cccc1.[Y]. The van der Waals surface area contributed by atoms with Gasteiger partial charge in [-0.2, -0.15) is 42.9 Å². The molecule has 1 aromatic carbocycles. The molecule has 2 rings (SSSR count). The van der Waals surface area contributed by atoms with Gasteiger partial charge in [-0.15, -0.1) is 0 Å². The third kappa shape index (κ3) is 5.98. The van der Waals surface area contributed by atoms with Crippen LogP contribution in [0.2, 0.25) is 0 Å². The van der Waals surface area contributed by atoms with E-state index in [4.69, 9.17) is 0 Å². The summed E-state index contributed by atoms with van der Waals surface area (Å²) in [5.74, 6) is 1.04. The van der Waals surface area contributed by atoms with Crippen LogP contribution in [0.3, 0.4) is 0 Å². The van der Waals surface area contributed by atoms with Crippen LogP contribution in [0.15, 0.2) is 24.3 Å². The second-order valence-electron chi connectivity index (χ2n) is 4.28. The number of aryl methyl sites for hydroxylation is 2. The molecule has 0 bridgehead atoms. The third-order valence-electron chi connectivity index (χ3n) is 2.87. The second-order valence-corrected chi connectivity index (χ2v) is 4.28. The Morgan fingerprint density at radius 3 is 2.26 bits per heavy atom. The van der Waals surface area contributed by atoms with E-state index in [0.29, 0.717) is 6.54 Å². The third-order valence-corrected chi connectivity index (χ3v) is 2.87. The molecule has 3 nitrogen and oxygen atoms in total. The van der Waals surface area contributed by atoms with E-state index in [0.717, 1.165) is 11.5 Å². The van der Waals surface area contributed by atoms with Gasteiger partial charge in [0.05, 0.1) is 11.5 Å². The first-order valence-electron chi connectivity index (χ1n) is 6.04. The monoisotopic (exact) mass is 332 g/mol. The molecule has 1 radical (unpaired) electrons. The molecule has 1 aromatic heterocycles. The maximum Gasteiger partial charge on any atom is 0.0876 e. The van der Waals surface area contributed by atoms with Gasteiger partial charge in [0.1, 0.15) is 0 Å². The first-order chi connectivity index (χ1) is 8.56. The second kappa shape index (κ2) is 9.41. The van der Waals surface area contributed by atoms with Crippen LogP contribution in [0.4, 0.5) is 0 Å². The topological polar surface area (TPSA) is 31.9 Å². The van der Waals surface area contributed by atoms with Crippen LogP contribution in [0.1, 0.15) is 22.8 Å². The maximum absolute atomic E-state index is 4.37. The van der Waals surface area contributed by atoms with Crippen molar-refractivity contribution in [1.29, 1.82) is 0 Å². The van der Waals surface area contributed by atoms with E-state index < -0.39 is 0 Å². The number of hydrogen-bond donors (Lipinski definition) is 0. The van der Waals surface area contributed by atoms with Crippen LogP contribution < -0.4 is 0 Å². The van der Waals surface area contributed by atoms with Gasteiger partial charge in [0.25, 0.3) is 0 Å². The minimum absolute atomic E-state index is 0. The normalized spacial score (nSPS) is 9.32. The van der Waals surface area contributed by atoms with E-state index in [1.165, 1.54) is 11.3 Å². The Bertz CT molecular complexity index is 478. The van der Waals surface area contributed by atoms with Crippen LogP contribution in [-0.4, -0.2) is 16.6 Å². The summed E-state index contributed by atoms with van der Waals surface area (Å²) in [4.78, 5) is 4.37. The first kappa shape index (κ1) is 18.5. The Morgan fingerprint density at radius 2 is 1.95 bits per heavy atom. The smallest absolute Gasteiger partial charge is 0.0876 e. The molecule has 0 spiro atoms. The molecule has 0 saturated carbocycles. The molecule has 0 amide bonds. The number of aromatic nitrogens is 2. The summed E-state index contributed by atoms with van der Waals surface area (Å²) >= 11 is 0. The zero-order chi connectivity index (χ0) is 13.5. The van der Waals surface area contributed by atoms with Crippen molar-refractivity contribution in [3.05, 3.63) is 58.4 Å². The van der Waals surface area contributed by atoms with Crippen LogP contribution in [0.25, 0.3) is 5.32 Å². The van der Waals surface area contributed by atoms with Crippen molar-refractivity contribution in [1.82, 2.24) is 9.55 Å². The Balaban J connectivity index is 0.000000352. The minimum atomic E-state index is 0. The summed E-state index contributed by atoms with van der Waals surface area (Å²) in [7, 11) is 3.83. The molecule has 0 aliphatic carbocycles. The number of rotatable bonds is 2. The Kier molecular flexibility index (Phi) is 9.16.